The lowest BCUT2D eigenvalue weighted by atomic mass is 9.85. The molecule has 4 aromatic rings. The van der Waals surface area contributed by atoms with Crippen LogP contribution in [0.15, 0.2) is 109 Å². The number of carbonyl (C=O) groups excluding carboxylic acids is 7. The highest BCUT2D eigenvalue weighted by Gasteiger charge is 2.96. The van der Waals surface area contributed by atoms with Crippen LogP contribution in [0.3, 0.4) is 0 Å². The van der Waals surface area contributed by atoms with Gasteiger partial charge in [-0.05, 0) is 121 Å². The number of rotatable bonds is 37. The first-order valence-electron chi connectivity index (χ1n) is 34.7. The van der Waals surface area contributed by atoms with Crippen LogP contribution in [-0.4, -0.2) is 125 Å². The number of nitrogens with zero attached hydrogens (tertiary/aromatic N) is 2. The smallest absolute Gasteiger partial charge is 0.456 e. The van der Waals surface area contributed by atoms with Crippen LogP contribution in [-0.2, 0) is 33.6 Å². The average molecular weight is 1720 g/mol. The number of hydrogen-bond donors (Lipinski definition) is 0. The second-order valence-corrected chi connectivity index (χ2v) is 27.3. The summed E-state index contributed by atoms with van der Waals surface area (Å²) in [6.45, 7) is 12.5. The molecule has 0 aromatic heterocycles. The lowest BCUT2D eigenvalue weighted by molar-refractivity contribution is -0.451. The van der Waals surface area contributed by atoms with Gasteiger partial charge >= 0.3 is 101 Å². The van der Waals surface area contributed by atoms with Gasteiger partial charge in [0, 0.05) is 24.7 Å². The summed E-state index contributed by atoms with van der Waals surface area (Å²) in [5, 5.41) is 0. The van der Waals surface area contributed by atoms with Gasteiger partial charge in [-0.1, -0.05) is 124 Å². The minimum Gasteiger partial charge on any atom is -0.456 e. The summed E-state index contributed by atoms with van der Waals surface area (Å²) in [7, 11) is 0. The highest BCUT2D eigenvalue weighted by molar-refractivity contribution is 6.22. The van der Waals surface area contributed by atoms with Crippen molar-refractivity contribution in [3.63, 3.8) is 0 Å². The van der Waals surface area contributed by atoms with Crippen LogP contribution >= 0.6 is 0 Å². The molecular formula is C73H70F30N2O11. The SMILES string of the molecule is C=C(Oc1ccc(C(C)CC2C(=O)N(c3ccc(OC(=O)C(F)(F)C(F)(F)C(F)(F)C(F)(F)C(F)(F)C(F)(F)C(F)(F)F)cc3)C(=O)C2C)cc1)C(F)(F)C(F)(F)C(F)(F)C(F)(F)C(F)(F)C(F)(F)C(F)(F)F.CCCCCCCC(=O)Oc1ccc(C(C)CC2C(=O)N(c3ccc(OC(=O)CCCCCCC)cc3)C(=O)C2C)cc1. The number of benzene rings is 4. The largest absolute Gasteiger partial charge is 0.460 e. The highest BCUT2D eigenvalue weighted by atomic mass is 19.4. The summed E-state index contributed by atoms with van der Waals surface area (Å²) in [5.41, 5.74) is 0.795. The van der Waals surface area contributed by atoms with Gasteiger partial charge < -0.3 is 18.9 Å². The van der Waals surface area contributed by atoms with Crippen molar-refractivity contribution in [3.05, 3.63) is 121 Å². The monoisotopic (exact) mass is 1720 g/mol. The standard InChI is InChI=1S/C37H21F30NO5.C36H49NO6/c1-13(16-4-8-18(9-5-16)72-15(3)24(38,39)26(42,43)28(46,47)30(50,51)32(54,55)34(58,59)36(62,63)64)12-20-14(2)21(69)68(22(20)70)17-6-10-19(11-7-17)73-23(71)25(40,41)27(44,45)29(48,49)31(52,53)33(56,57)35(60,61)37(65,66)67;1-5-7-9-11-13-15-33(38)42-30-21-17-28(18-22-30)26(3)25-32-27(4)35(40)37(36(32)41)29-19-23-31(24-20-29)43-34(39)16-14-12-10-8-6-2/h4-11,13-14,20H,3,12H2,1-2H3;17-24,26-27,32H,5-16,25H2,1-4H3. The zero-order valence-corrected chi connectivity index (χ0v) is 61.0. The van der Waals surface area contributed by atoms with E-state index in [4.69, 9.17) is 9.47 Å². The molecule has 0 saturated carbocycles. The number of carbonyl (C=O) groups is 7. The van der Waals surface area contributed by atoms with E-state index in [1.54, 1.807) is 43.3 Å². The van der Waals surface area contributed by atoms with E-state index in [9.17, 15) is 165 Å². The second kappa shape index (κ2) is 35.7. The molecule has 4 amide bonds. The van der Waals surface area contributed by atoms with E-state index in [1.165, 1.54) is 31.1 Å². The summed E-state index contributed by atoms with van der Waals surface area (Å²) in [6.07, 6.45) is -4.20. The van der Waals surface area contributed by atoms with E-state index >= 15 is 0 Å². The number of halogens is 30. The van der Waals surface area contributed by atoms with Crippen LogP contribution in [0.4, 0.5) is 143 Å². The van der Waals surface area contributed by atoms with Crippen molar-refractivity contribution in [3.8, 4) is 23.0 Å². The van der Waals surface area contributed by atoms with E-state index in [2.05, 4.69) is 29.9 Å². The zero-order valence-electron chi connectivity index (χ0n) is 61.0. The van der Waals surface area contributed by atoms with Crippen molar-refractivity contribution in [1.82, 2.24) is 0 Å². The van der Waals surface area contributed by atoms with Gasteiger partial charge in [0.2, 0.25) is 23.6 Å². The molecule has 2 aliphatic rings. The Morgan fingerprint density at radius 1 is 0.345 bits per heavy atom. The number of anilines is 2. The second-order valence-electron chi connectivity index (χ2n) is 27.3. The van der Waals surface area contributed by atoms with E-state index < -0.39 is 160 Å². The lowest BCUT2D eigenvalue weighted by Gasteiger charge is -2.41. The van der Waals surface area contributed by atoms with Crippen molar-refractivity contribution >= 4 is 52.9 Å². The molecule has 116 heavy (non-hydrogen) atoms. The van der Waals surface area contributed by atoms with Gasteiger partial charge in [-0.15, -0.1) is 0 Å². The normalized spacial score (nSPS) is 18.1. The molecule has 2 heterocycles. The van der Waals surface area contributed by atoms with E-state index in [-0.39, 0.29) is 52.3 Å². The number of ether oxygens (including phenoxy) is 4. The Hall–Kier alpha value is -8.99. The molecule has 43 heteroatoms. The highest BCUT2D eigenvalue weighted by Crippen LogP contribution is 2.65. The quantitative estimate of drug-likeness (QED) is 0.0105. The molecular weight excluding hydrogens is 1650 g/mol. The topological polar surface area (TPSA) is 163 Å². The molecule has 2 aliphatic heterocycles. The predicted octanol–water partition coefficient (Wildman–Crippen LogP) is 22.1. The summed E-state index contributed by atoms with van der Waals surface area (Å²) in [5.74, 6) is -116. The Morgan fingerprint density at radius 2 is 0.603 bits per heavy atom. The molecule has 6 rings (SSSR count). The Morgan fingerprint density at radius 3 is 0.905 bits per heavy atom. The van der Waals surface area contributed by atoms with Gasteiger partial charge in [-0.25, -0.2) is 4.79 Å². The molecule has 0 bridgehead atoms. The van der Waals surface area contributed by atoms with Gasteiger partial charge in [-0.3, -0.25) is 38.6 Å². The maximum Gasteiger partial charge on any atom is 0.460 e. The van der Waals surface area contributed by atoms with Crippen LogP contribution in [0.25, 0.3) is 0 Å². The van der Waals surface area contributed by atoms with Crippen molar-refractivity contribution in [2.75, 3.05) is 9.80 Å². The summed E-state index contributed by atoms with van der Waals surface area (Å²) in [6, 6.07) is 17.8. The Labute approximate surface area is 639 Å². The molecule has 2 fully saturated rings. The molecule has 2 saturated heterocycles. The van der Waals surface area contributed by atoms with Crippen molar-refractivity contribution in [2.45, 2.75) is 227 Å². The van der Waals surface area contributed by atoms with Crippen LogP contribution in [0, 0.1) is 23.7 Å². The third kappa shape index (κ3) is 18.9. The fourth-order valence-electron chi connectivity index (χ4n) is 11.7. The summed E-state index contributed by atoms with van der Waals surface area (Å²) < 4.78 is 425. The molecule has 648 valence electrons. The molecule has 6 unspecified atom stereocenters. The average Bonchev–Trinajstić information content (AvgIpc) is 0.896. The van der Waals surface area contributed by atoms with E-state index in [0.29, 0.717) is 60.7 Å². The number of alkyl halides is 30. The van der Waals surface area contributed by atoms with E-state index in [1.807, 2.05) is 19.1 Å². The number of imide groups is 2. The van der Waals surface area contributed by atoms with Crippen LogP contribution in [0.5, 0.6) is 23.0 Å². The molecule has 0 aliphatic carbocycles. The van der Waals surface area contributed by atoms with Crippen LogP contribution in [0.2, 0.25) is 0 Å². The molecule has 13 nitrogen and oxygen atoms in total. The minimum atomic E-state index is -8.72. The molecule has 6 atom stereocenters. The first kappa shape index (κ1) is 97.6. The fraction of sp³-hybridized carbons (Fsp3) is 0.548. The van der Waals surface area contributed by atoms with Gasteiger partial charge in [0.15, 0.2) is 5.76 Å². The number of esters is 3. The Bertz CT molecular complexity index is 4110. The van der Waals surface area contributed by atoms with Gasteiger partial charge in [0.1, 0.15) is 23.0 Å². The van der Waals surface area contributed by atoms with Crippen molar-refractivity contribution in [1.29, 1.82) is 0 Å². The van der Waals surface area contributed by atoms with Gasteiger partial charge in [0.25, 0.3) is 0 Å². The number of unbranched alkanes of at least 4 members (excludes halogenated alkanes) is 8. The van der Waals surface area contributed by atoms with E-state index in [0.717, 1.165) is 69.6 Å². The molecule has 0 spiro atoms. The number of hydrogen-bond acceptors (Lipinski definition) is 11. The third-order valence-corrected chi connectivity index (χ3v) is 19.0. The summed E-state index contributed by atoms with van der Waals surface area (Å²) in [4.78, 5) is 90.7. The van der Waals surface area contributed by atoms with Gasteiger partial charge in [0.05, 0.1) is 23.2 Å². The Balaban J connectivity index is 0.000000472. The van der Waals surface area contributed by atoms with Crippen LogP contribution in [0.1, 0.15) is 154 Å². The maximum absolute atomic E-state index is 14.5. The molecule has 0 radical (unpaired) electrons. The van der Waals surface area contributed by atoms with Crippen molar-refractivity contribution < 1.29 is 184 Å². The summed E-state index contributed by atoms with van der Waals surface area (Å²) >= 11 is 0. The van der Waals surface area contributed by atoms with Crippen molar-refractivity contribution in [2.24, 2.45) is 23.7 Å². The predicted molar refractivity (Wildman–Crippen MR) is 347 cm³/mol. The lowest BCUT2D eigenvalue weighted by Crippen LogP contribution is -2.73. The third-order valence-electron chi connectivity index (χ3n) is 19.0. The maximum atomic E-state index is 14.5. The number of amides is 4. The minimum absolute atomic E-state index is 0.0243. The Kier molecular flexibility index (Phi) is 30.0. The zero-order chi connectivity index (χ0) is 88.9. The fourth-order valence-corrected chi connectivity index (χ4v) is 11.7. The first-order valence-corrected chi connectivity index (χ1v) is 34.7. The van der Waals surface area contributed by atoms with Gasteiger partial charge in [-0.2, -0.15) is 132 Å². The number of allylic oxidation sites excluding steroid dienone is 1. The molecule has 0 N–H and O–H groups in total. The molecule has 4 aromatic carbocycles. The van der Waals surface area contributed by atoms with Crippen LogP contribution < -0.4 is 28.7 Å². The first-order chi connectivity index (χ1) is 52.8.